The predicted octanol–water partition coefficient (Wildman–Crippen LogP) is 2.49. The summed E-state index contributed by atoms with van der Waals surface area (Å²) in [6.45, 7) is 1.20. The Hall–Kier alpha value is -1.53. The molecule has 0 spiro atoms. The maximum absolute atomic E-state index is 13.6. The van der Waals surface area contributed by atoms with Crippen molar-refractivity contribution in [2.75, 3.05) is 13.2 Å². The highest BCUT2D eigenvalue weighted by molar-refractivity contribution is 5.77. The first-order valence-corrected chi connectivity index (χ1v) is 9.19. The van der Waals surface area contributed by atoms with E-state index in [1.807, 2.05) is 4.90 Å². The van der Waals surface area contributed by atoms with Gasteiger partial charge < -0.3 is 15.4 Å². The van der Waals surface area contributed by atoms with Gasteiger partial charge in [-0.25, -0.2) is 8.78 Å². The monoisotopic (exact) mass is 350 g/mol. The van der Waals surface area contributed by atoms with Gasteiger partial charge in [-0.2, -0.15) is 0 Å². The van der Waals surface area contributed by atoms with Gasteiger partial charge in [-0.1, -0.05) is 0 Å². The second-order valence-corrected chi connectivity index (χ2v) is 7.47. The van der Waals surface area contributed by atoms with Crippen LogP contribution in [0.2, 0.25) is 0 Å². The van der Waals surface area contributed by atoms with Crippen molar-refractivity contribution in [3.63, 3.8) is 0 Å². The van der Waals surface area contributed by atoms with Crippen molar-refractivity contribution in [2.45, 2.75) is 62.6 Å². The largest absolute Gasteiger partial charge is 0.374 e. The van der Waals surface area contributed by atoms with Gasteiger partial charge >= 0.3 is 0 Å². The van der Waals surface area contributed by atoms with E-state index in [1.54, 1.807) is 0 Å². The molecule has 3 aliphatic rings. The molecule has 136 valence electrons. The van der Waals surface area contributed by atoms with Crippen LogP contribution >= 0.6 is 0 Å². The van der Waals surface area contributed by atoms with E-state index in [1.165, 1.54) is 12.1 Å². The predicted molar refractivity (Wildman–Crippen MR) is 89.1 cm³/mol. The molecule has 2 aliphatic carbocycles. The number of benzene rings is 1. The number of aryl methyl sites for hydroxylation is 1. The molecule has 25 heavy (non-hydrogen) atoms. The third-order valence-corrected chi connectivity index (χ3v) is 6.04. The zero-order chi connectivity index (χ0) is 17.6. The summed E-state index contributed by atoms with van der Waals surface area (Å²) in [5.41, 5.74) is 7.91. The molecule has 4 atom stereocenters. The summed E-state index contributed by atoms with van der Waals surface area (Å²) < 4.78 is 32.8. The van der Waals surface area contributed by atoms with Gasteiger partial charge in [0.25, 0.3) is 0 Å². The van der Waals surface area contributed by atoms with E-state index in [4.69, 9.17) is 10.5 Å². The van der Waals surface area contributed by atoms with Gasteiger partial charge in [0.15, 0.2) is 11.6 Å². The number of ether oxygens (including phenoxy) is 1. The number of carbonyl (C=O) groups is 1. The minimum atomic E-state index is -0.842. The molecule has 4 nitrogen and oxygen atoms in total. The quantitative estimate of drug-likeness (QED) is 0.911. The number of morpholine rings is 1. The van der Waals surface area contributed by atoms with Crippen molar-refractivity contribution >= 4 is 5.91 Å². The van der Waals surface area contributed by atoms with Gasteiger partial charge in [0.2, 0.25) is 5.91 Å². The number of nitrogens with zero attached hydrogens (tertiary/aromatic N) is 1. The zero-order valence-corrected chi connectivity index (χ0v) is 14.2. The van der Waals surface area contributed by atoms with Crippen LogP contribution in [-0.2, 0) is 16.0 Å². The highest BCUT2D eigenvalue weighted by Gasteiger charge is 2.39. The summed E-state index contributed by atoms with van der Waals surface area (Å²) in [5, 5.41) is 0. The third-order valence-electron chi connectivity index (χ3n) is 6.04. The fraction of sp³-hybridized carbons (Fsp3) is 0.632. The number of carbonyl (C=O) groups excluding carboxylic acids is 1. The maximum atomic E-state index is 13.6. The first-order valence-electron chi connectivity index (χ1n) is 9.19. The minimum Gasteiger partial charge on any atom is -0.374 e. The molecule has 0 radical (unpaired) electrons. The molecule has 4 rings (SSSR count). The van der Waals surface area contributed by atoms with E-state index in [2.05, 4.69) is 0 Å². The Balaban J connectivity index is 1.45. The topological polar surface area (TPSA) is 55.6 Å². The van der Waals surface area contributed by atoms with Crippen molar-refractivity contribution in [1.82, 2.24) is 4.90 Å². The summed E-state index contributed by atoms with van der Waals surface area (Å²) in [5.74, 6) is -1.69. The Morgan fingerprint density at radius 3 is 2.92 bits per heavy atom. The summed E-state index contributed by atoms with van der Waals surface area (Å²) in [6, 6.07) is 2.33. The molecule has 1 aliphatic heterocycles. The number of amides is 1. The van der Waals surface area contributed by atoms with Gasteiger partial charge in [0.05, 0.1) is 18.8 Å². The van der Waals surface area contributed by atoms with E-state index in [0.29, 0.717) is 19.6 Å². The summed E-state index contributed by atoms with van der Waals surface area (Å²) in [4.78, 5) is 14.7. The Kier molecular flexibility index (Phi) is 4.50. The Labute approximate surface area is 146 Å². The lowest BCUT2D eigenvalue weighted by molar-refractivity contribution is -0.144. The van der Waals surface area contributed by atoms with Crippen LogP contribution in [-0.4, -0.2) is 42.1 Å². The molecule has 6 heteroatoms. The van der Waals surface area contributed by atoms with Crippen LogP contribution in [0.25, 0.3) is 0 Å². The van der Waals surface area contributed by atoms with Crippen LogP contribution in [0.15, 0.2) is 12.1 Å². The molecule has 0 bridgehead atoms. The molecule has 2 N–H and O–H groups in total. The van der Waals surface area contributed by atoms with Crippen LogP contribution in [0.3, 0.4) is 0 Å². The van der Waals surface area contributed by atoms with Crippen molar-refractivity contribution in [1.29, 1.82) is 0 Å². The lowest BCUT2D eigenvalue weighted by Gasteiger charge is -2.38. The van der Waals surface area contributed by atoms with Gasteiger partial charge in [0, 0.05) is 24.9 Å². The summed E-state index contributed by atoms with van der Waals surface area (Å²) in [7, 11) is 0. The van der Waals surface area contributed by atoms with Gasteiger partial charge in [0.1, 0.15) is 0 Å². The second-order valence-electron chi connectivity index (χ2n) is 7.47. The maximum Gasteiger partial charge on any atom is 0.224 e. The standard InChI is InChI=1S/C19H24F2N2O2/c20-14-8-11-4-5-12(13(11)9-15(14)21)16(22)10-19(24)23-6-7-25-18-3-1-2-17(18)23/h8-9,12,16-18H,1-7,10,22H2. The Morgan fingerprint density at radius 2 is 2.08 bits per heavy atom. The highest BCUT2D eigenvalue weighted by Crippen LogP contribution is 2.37. The molecular formula is C19H24F2N2O2. The average Bonchev–Trinajstić information content (AvgIpc) is 3.21. The lowest BCUT2D eigenvalue weighted by Crippen LogP contribution is -2.52. The van der Waals surface area contributed by atoms with E-state index >= 15 is 0 Å². The molecule has 1 aromatic carbocycles. The Morgan fingerprint density at radius 1 is 1.28 bits per heavy atom. The average molecular weight is 350 g/mol. The van der Waals surface area contributed by atoms with E-state index in [0.717, 1.165) is 36.8 Å². The normalized spacial score (nSPS) is 29.4. The van der Waals surface area contributed by atoms with Crippen LogP contribution in [0.4, 0.5) is 8.78 Å². The van der Waals surface area contributed by atoms with Crippen LogP contribution in [0, 0.1) is 11.6 Å². The van der Waals surface area contributed by atoms with Crippen molar-refractivity contribution in [2.24, 2.45) is 5.73 Å². The molecule has 1 heterocycles. The third kappa shape index (κ3) is 3.06. The van der Waals surface area contributed by atoms with Crippen LogP contribution in [0.5, 0.6) is 0 Å². The number of halogens is 2. The van der Waals surface area contributed by atoms with Gasteiger partial charge in [-0.3, -0.25) is 4.79 Å². The highest BCUT2D eigenvalue weighted by atomic mass is 19.2. The van der Waals surface area contributed by atoms with E-state index in [-0.39, 0.29) is 36.4 Å². The molecule has 1 saturated carbocycles. The molecular weight excluding hydrogens is 326 g/mol. The SMILES string of the molecule is NC(CC(=O)N1CCOC2CCCC21)C1CCc2cc(F)c(F)cc21. The first kappa shape index (κ1) is 16.9. The molecule has 4 unspecified atom stereocenters. The number of fused-ring (bicyclic) bond motifs is 2. The van der Waals surface area contributed by atoms with Crippen LogP contribution in [0.1, 0.15) is 49.1 Å². The number of nitrogens with two attached hydrogens (primary N) is 1. The first-order chi connectivity index (χ1) is 12.0. The fourth-order valence-electron chi connectivity index (χ4n) is 4.77. The molecule has 2 fully saturated rings. The molecule has 0 aromatic heterocycles. The van der Waals surface area contributed by atoms with Crippen LogP contribution < -0.4 is 5.73 Å². The summed E-state index contributed by atoms with van der Waals surface area (Å²) >= 11 is 0. The zero-order valence-electron chi connectivity index (χ0n) is 14.2. The van der Waals surface area contributed by atoms with Gasteiger partial charge in [-0.15, -0.1) is 0 Å². The molecule has 1 amide bonds. The number of hydrogen-bond donors (Lipinski definition) is 1. The number of rotatable bonds is 3. The lowest BCUT2D eigenvalue weighted by atomic mass is 9.91. The smallest absolute Gasteiger partial charge is 0.224 e. The molecule has 1 saturated heterocycles. The minimum absolute atomic E-state index is 0.0590. The van der Waals surface area contributed by atoms with E-state index < -0.39 is 11.6 Å². The van der Waals surface area contributed by atoms with Gasteiger partial charge in [-0.05, 0) is 55.4 Å². The van der Waals surface area contributed by atoms with E-state index in [9.17, 15) is 13.6 Å². The second kappa shape index (κ2) is 6.65. The Bertz CT molecular complexity index is 682. The van der Waals surface area contributed by atoms with Crippen molar-refractivity contribution < 1.29 is 18.3 Å². The summed E-state index contributed by atoms with van der Waals surface area (Å²) in [6.07, 6.45) is 4.92. The van der Waals surface area contributed by atoms with Crippen molar-refractivity contribution in [3.8, 4) is 0 Å². The number of hydrogen-bond acceptors (Lipinski definition) is 3. The molecule has 1 aromatic rings. The van der Waals surface area contributed by atoms with Crippen molar-refractivity contribution in [3.05, 3.63) is 34.9 Å². The fourth-order valence-corrected chi connectivity index (χ4v) is 4.77.